The summed E-state index contributed by atoms with van der Waals surface area (Å²) in [7, 11) is 3.28. The summed E-state index contributed by atoms with van der Waals surface area (Å²) in [5.41, 5.74) is 8.02. The molecule has 0 bridgehead atoms. The fraction of sp³-hybridized carbons (Fsp3) is 0.143. The molecule has 0 amide bonds. The quantitative estimate of drug-likeness (QED) is 0.714. The zero-order chi connectivity index (χ0) is 14.5. The molecule has 20 heavy (non-hydrogen) atoms. The van der Waals surface area contributed by atoms with Crippen LogP contribution >= 0.6 is 31.9 Å². The minimum absolute atomic E-state index is 0.780. The fourth-order valence-corrected chi connectivity index (χ4v) is 2.28. The van der Waals surface area contributed by atoms with E-state index in [9.17, 15) is 0 Å². The highest BCUT2D eigenvalue weighted by Gasteiger charge is 2.04. The summed E-state index contributed by atoms with van der Waals surface area (Å²) in [5, 5.41) is 0. The van der Waals surface area contributed by atoms with Gasteiger partial charge in [-0.1, -0.05) is 0 Å². The lowest BCUT2D eigenvalue weighted by atomic mass is 10.3. The van der Waals surface area contributed by atoms with Gasteiger partial charge in [-0.3, -0.25) is 10.9 Å². The van der Waals surface area contributed by atoms with Crippen molar-refractivity contribution in [3.63, 3.8) is 0 Å². The fourth-order valence-electron chi connectivity index (χ4n) is 1.59. The lowest BCUT2D eigenvalue weighted by Gasteiger charge is -2.14. The van der Waals surface area contributed by atoms with Crippen LogP contribution in [0.5, 0.6) is 11.5 Å². The zero-order valence-electron chi connectivity index (χ0n) is 11.0. The molecule has 2 aromatic rings. The van der Waals surface area contributed by atoms with E-state index in [1.165, 1.54) is 0 Å². The van der Waals surface area contributed by atoms with Crippen LogP contribution < -0.4 is 20.3 Å². The second-order valence-corrected chi connectivity index (χ2v) is 5.65. The number of anilines is 2. The van der Waals surface area contributed by atoms with Crippen molar-refractivity contribution in [2.24, 2.45) is 0 Å². The molecule has 0 aromatic heterocycles. The van der Waals surface area contributed by atoms with Crippen LogP contribution in [0.3, 0.4) is 0 Å². The standard InChI is InChI=1S/C14H14Br2N2O2/c1-19-9-3-5-11(15)13(7-9)17-18-14-8-10(20-2)4-6-12(14)16/h3-8,17-18H,1-2H3. The molecular formula is C14H14Br2N2O2. The number of nitrogens with one attached hydrogen (secondary N) is 2. The first-order valence-corrected chi connectivity index (χ1v) is 7.41. The van der Waals surface area contributed by atoms with Crippen LogP contribution in [-0.2, 0) is 0 Å². The van der Waals surface area contributed by atoms with E-state index in [2.05, 4.69) is 42.7 Å². The van der Waals surface area contributed by atoms with Gasteiger partial charge in [-0.2, -0.15) is 0 Å². The van der Waals surface area contributed by atoms with Crippen LogP contribution in [0.2, 0.25) is 0 Å². The van der Waals surface area contributed by atoms with E-state index in [4.69, 9.17) is 9.47 Å². The highest BCUT2D eigenvalue weighted by atomic mass is 79.9. The summed E-state index contributed by atoms with van der Waals surface area (Å²) in [4.78, 5) is 0. The highest BCUT2D eigenvalue weighted by molar-refractivity contribution is 9.11. The maximum Gasteiger partial charge on any atom is 0.121 e. The smallest absolute Gasteiger partial charge is 0.121 e. The zero-order valence-corrected chi connectivity index (χ0v) is 14.2. The Morgan fingerprint density at radius 3 is 1.50 bits per heavy atom. The number of hydrogen-bond donors (Lipinski definition) is 2. The van der Waals surface area contributed by atoms with E-state index in [0.717, 1.165) is 31.8 Å². The summed E-state index contributed by atoms with van der Waals surface area (Å²) in [5.74, 6) is 1.56. The third kappa shape index (κ3) is 3.58. The number of halogens is 2. The Balaban J connectivity index is 2.16. The summed E-state index contributed by atoms with van der Waals surface area (Å²) < 4.78 is 12.3. The molecule has 0 aliphatic carbocycles. The molecule has 0 fully saturated rings. The minimum atomic E-state index is 0.780. The van der Waals surface area contributed by atoms with Crippen molar-refractivity contribution in [2.45, 2.75) is 0 Å². The van der Waals surface area contributed by atoms with Gasteiger partial charge in [0.2, 0.25) is 0 Å². The van der Waals surface area contributed by atoms with Gasteiger partial charge >= 0.3 is 0 Å². The van der Waals surface area contributed by atoms with Crippen molar-refractivity contribution >= 4 is 43.2 Å². The molecule has 0 unspecified atom stereocenters. The molecule has 2 N–H and O–H groups in total. The van der Waals surface area contributed by atoms with Gasteiger partial charge in [-0.25, -0.2) is 0 Å². The van der Waals surface area contributed by atoms with Gasteiger partial charge in [-0.05, 0) is 56.1 Å². The van der Waals surface area contributed by atoms with Crippen LogP contribution in [0.1, 0.15) is 0 Å². The van der Waals surface area contributed by atoms with E-state index in [0.29, 0.717) is 0 Å². The first-order chi connectivity index (χ1) is 9.63. The molecule has 6 heteroatoms. The van der Waals surface area contributed by atoms with Crippen molar-refractivity contribution in [1.29, 1.82) is 0 Å². The first kappa shape index (κ1) is 15.0. The third-order valence-electron chi connectivity index (χ3n) is 2.68. The number of hydrazine groups is 1. The number of hydrogen-bond acceptors (Lipinski definition) is 4. The van der Waals surface area contributed by atoms with Gasteiger partial charge in [0.15, 0.2) is 0 Å². The van der Waals surface area contributed by atoms with Gasteiger partial charge in [0, 0.05) is 21.1 Å². The predicted octanol–water partition coefficient (Wildman–Crippen LogP) is 4.67. The molecule has 0 saturated carbocycles. The van der Waals surface area contributed by atoms with E-state index < -0.39 is 0 Å². The first-order valence-electron chi connectivity index (χ1n) is 5.83. The lowest BCUT2D eigenvalue weighted by Crippen LogP contribution is -2.09. The molecule has 0 saturated heterocycles. The average Bonchev–Trinajstić information content (AvgIpc) is 2.48. The van der Waals surface area contributed by atoms with Crippen molar-refractivity contribution in [3.8, 4) is 11.5 Å². The maximum atomic E-state index is 5.20. The summed E-state index contributed by atoms with van der Waals surface area (Å²) in [6.07, 6.45) is 0. The SMILES string of the molecule is COc1ccc(Br)c(NNc2cc(OC)ccc2Br)c1. The van der Waals surface area contributed by atoms with Crippen LogP contribution in [0.15, 0.2) is 45.3 Å². The molecule has 0 radical (unpaired) electrons. The maximum absolute atomic E-state index is 5.20. The Hall–Kier alpha value is -1.40. The molecule has 0 heterocycles. The highest BCUT2D eigenvalue weighted by Crippen LogP contribution is 2.30. The minimum Gasteiger partial charge on any atom is -0.497 e. The third-order valence-corrected chi connectivity index (χ3v) is 4.06. The molecule has 0 atom stereocenters. The Kier molecular flexibility index (Phi) is 5.14. The summed E-state index contributed by atoms with van der Waals surface area (Å²) in [6, 6.07) is 11.4. The van der Waals surface area contributed by atoms with Crippen LogP contribution in [0.25, 0.3) is 0 Å². The molecule has 0 spiro atoms. The van der Waals surface area contributed by atoms with Gasteiger partial charge in [0.25, 0.3) is 0 Å². The lowest BCUT2D eigenvalue weighted by molar-refractivity contribution is 0.414. The molecular weight excluding hydrogens is 388 g/mol. The van der Waals surface area contributed by atoms with E-state index in [-0.39, 0.29) is 0 Å². The predicted molar refractivity (Wildman–Crippen MR) is 88.6 cm³/mol. The average molecular weight is 402 g/mol. The monoisotopic (exact) mass is 400 g/mol. The van der Waals surface area contributed by atoms with Gasteiger partial charge < -0.3 is 9.47 Å². The summed E-state index contributed by atoms with van der Waals surface area (Å²) >= 11 is 6.97. The van der Waals surface area contributed by atoms with Gasteiger partial charge in [-0.15, -0.1) is 0 Å². The van der Waals surface area contributed by atoms with Crippen molar-refractivity contribution < 1.29 is 9.47 Å². The van der Waals surface area contributed by atoms with Crippen LogP contribution in [-0.4, -0.2) is 14.2 Å². The molecule has 2 rings (SSSR count). The van der Waals surface area contributed by atoms with Gasteiger partial charge in [0.05, 0.1) is 25.6 Å². The second-order valence-electron chi connectivity index (χ2n) is 3.94. The Morgan fingerprint density at radius 1 is 0.750 bits per heavy atom. The van der Waals surface area contributed by atoms with E-state index in [1.54, 1.807) is 14.2 Å². The van der Waals surface area contributed by atoms with Crippen molar-refractivity contribution in [1.82, 2.24) is 0 Å². The van der Waals surface area contributed by atoms with Crippen LogP contribution in [0, 0.1) is 0 Å². The van der Waals surface area contributed by atoms with Crippen molar-refractivity contribution in [2.75, 3.05) is 25.1 Å². The van der Waals surface area contributed by atoms with E-state index in [1.807, 2.05) is 36.4 Å². The Labute approximate surface area is 134 Å². The van der Waals surface area contributed by atoms with Gasteiger partial charge in [0.1, 0.15) is 11.5 Å². The normalized spacial score (nSPS) is 10.0. The Bertz CT molecular complexity index is 552. The molecule has 0 aliphatic rings. The number of ether oxygens (including phenoxy) is 2. The number of rotatable bonds is 5. The Morgan fingerprint density at radius 2 is 1.15 bits per heavy atom. The second kappa shape index (κ2) is 6.85. The number of benzene rings is 2. The molecule has 4 nitrogen and oxygen atoms in total. The van der Waals surface area contributed by atoms with E-state index >= 15 is 0 Å². The summed E-state index contributed by atoms with van der Waals surface area (Å²) in [6.45, 7) is 0. The topological polar surface area (TPSA) is 42.5 Å². The van der Waals surface area contributed by atoms with Crippen molar-refractivity contribution in [3.05, 3.63) is 45.3 Å². The number of methoxy groups -OCH3 is 2. The largest absolute Gasteiger partial charge is 0.497 e. The molecule has 2 aromatic carbocycles. The van der Waals surface area contributed by atoms with Crippen LogP contribution in [0.4, 0.5) is 11.4 Å². The molecule has 106 valence electrons. The molecule has 0 aliphatic heterocycles.